The Morgan fingerprint density at radius 2 is 2.16 bits per heavy atom. The van der Waals surface area contributed by atoms with Crippen LogP contribution in [-0.2, 0) is 0 Å². The van der Waals surface area contributed by atoms with Gasteiger partial charge < -0.3 is 10.1 Å². The van der Waals surface area contributed by atoms with E-state index in [9.17, 15) is 14.5 Å². The van der Waals surface area contributed by atoms with Crippen LogP contribution in [0.15, 0.2) is 36.4 Å². The van der Waals surface area contributed by atoms with E-state index in [2.05, 4.69) is 10.3 Å². The minimum absolute atomic E-state index is 0.0628. The summed E-state index contributed by atoms with van der Waals surface area (Å²) < 4.78 is 18.3. The molecule has 0 unspecified atom stereocenters. The van der Waals surface area contributed by atoms with Crippen molar-refractivity contribution in [1.82, 2.24) is 4.98 Å². The van der Waals surface area contributed by atoms with Gasteiger partial charge in [-0.05, 0) is 18.2 Å². The first-order valence-electron chi connectivity index (χ1n) is 5.37. The van der Waals surface area contributed by atoms with Gasteiger partial charge in [-0.3, -0.25) is 10.1 Å². The molecule has 6 nitrogen and oxygen atoms in total. The summed E-state index contributed by atoms with van der Waals surface area (Å²) in [5, 5.41) is 13.6. The van der Waals surface area contributed by atoms with Crippen molar-refractivity contribution in [3.63, 3.8) is 0 Å². The van der Waals surface area contributed by atoms with Crippen molar-refractivity contribution in [3.8, 4) is 11.6 Å². The first-order valence-corrected chi connectivity index (χ1v) is 5.37. The second-order valence-electron chi connectivity index (χ2n) is 3.58. The van der Waals surface area contributed by atoms with Crippen LogP contribution in [0, 0.1) is 15.9 Å². The summed E-state index contributed by atoms with van der Waals surface area (Å²) >= 11 is 0. The number of pyridine rings is 1. The van der Waals surface area contributed by atoms with Crippen LogP contribution in [0.25, 0.3) is 0 Å². The van der Waals surface area contributed by atoms with E-state index in [4.69, 9.17) is 4.74 Å². The lowest BCUT2D eigenvalue weighted by Crippen LogP contribution is -1.97. The van der Waals surface area contributed by atoms with Crippen LogP contribution in [0.3, 0.4) is 0 Å². The molecule has 0 bridgehead atoms. The predicted octanol–water partition coefficient (Wildman–Crippen LogP) is 2.96. The van der Waals surface area contributed by atoms with Gasteiger partial charge in [0.1, 0.15) is 11.6 Å². The molecule has 19 heavy (non-hydrogen) atoms. The molecule has 1 aromatic heterocycles. The van der Waals surface area contributed by atoms with Crippen molar-refractivity contribution in [2.45, 2.75) is 0 Å². The molecule has 0 radical (unpaired) electrons. The second-order valence-corrected chi connectivity index (χ2v) is 3.58. The lowest BCUT2D eigenvalue weighted by Gasteiger charge is -2.06. The third-order valence-electron chi connectivity index (χ3n) is 2.31. The molecule has 0 saturated carbocycles. The maximum absolute atomic E-state index is 13.0. The third-order valence-corrected chi connectivity index (χ3v) is 2.31. The minimum Gasteiger partial charge on any atom is -0.432 e. The summed E-state index contributed by atoms with van der Waals surface area (Å²) in [5.74, 6) is -0.0213. The number of nitrogens with one attached hydrogen (secondary N) is 1. The van der Waals surface area contributed by atoms with Gasteiger partial charge in [0.15, 0.2) is 0 Å². The van der Waals surface area contributed by atoms with Gasteiger partial charge in [0.25, 0.3) is 0 Å². The Morgan fingerprint density at radius 3 is 2.84 bits per heavy atom. The normalized spacial score (nSPS) is 10.0. The summed E-state index contributed by atoms with van der Waals surface area (Å²) in [6.07, 6.45) is 0. The maximum atomic E-state index is 13.0. The summed E-state index contributed by atoms with van der Waals surface area (Å²) in [6.45, 7) is 0. The molecule has 98 valence electrons. The number of ether oxygens (including phenoxy) is 1. The number of nitro groups is 1. The Bertz CT molecular complexity index is 619. The van der Waals surface area contributed by atoms with Gasteiger partial charge in [-0.15, -0.1) is 0 Å². The molecule has 0 aliphatic carbocycles. The van der Waals surface area contributed by atoms with Gasteiger partial charge in [-0.25, -0.2) is 4.39 Å². The van der Waals surface area contributed by atoms with E-state index >= 15 is 0 Å². The number of nitrogens with zero attached hydrogens (tertiary/aromatic N) is 2. The second kappa shape index (κ2) is 5.30. The predicted molar refractivity (Wildman–Crippen MR) is 66.9 cm³/mol. The number of halogens is 1. The smallest absolute Gasteiger partial charge is 0.314 e. The summed E-state index contributed by atoms with van der Waals surface area (Å²) in [7, 11) is 1.69. The molecule has 0 amide bonds. The fraction of sp³-hybridized carbons (Fsp3) is 0.0833. The van der Waals surface area contributed by atoms with Crippen LogP contribution < -0.4 is 10.1 Å². The van der Waals surface area contributed by atoms with Crippen LogP contribution in [0.4, 0.5) is 15.9 Å². The molecule has 0 aliphatic heterocycles. The zero-order valence-electron chi connectivity index (χ0n) is 9.96. The maximum Gasteiger partial charge on any atom is 0.314 e. The Hall–Kier alpha value is -2.70. The number of hydrogen-bond acceptors (Lipinski definition) is 5. The largest absolute Gasteiger partial charge is 0.432 e. The number of benzene rings is 1. The highest BCUT2D eigenvalue weighted by Crippen LogP contribution is 2.31. The van der Waals surface area contributed by atoms with E-state index in [-0.39, 0.29) is 11.6 Å². The van der Waals surface area contributed by atoms with Gasteiger partial charge in [-0.1, -0.05) is 6.07 Å². The molecular formula is C12H10FN3O3. The Labute approximate surface area is 108 Å². The molecule has 0 spiro atoms. The Kier molecular flexibility index (Phi) is 3.56. The fourth-order valence-electron chi connectivity index (χ4n) is 1.44. The van der Waals surface area contributed by atoms with E-state index in [1.165, 1.54) is 6.07 Å². The van der Waals surface area contributed by atoms with E-state index in [0.717, 1.165) is 12.1 Å². The molecular weight excluding hydrogens is 253 g/mol. The Morgan fingerprint density at radius 1 is 1.37 bits per heavy atom. The summed E-state index contributed by atoms with van der Waals surface area (Å²) in [4.78, 5) is 14.2. The number of anilines is 1. The highest BCUT2D eigenvalue weighted by Gasteiger charge is 2.17. The van der Waals surface area contributed by atoms with Crippen LogP contribution in [0.5, 0.6) is 11.6 Å². The van der Waals surface area contributed by atoms with Crippen molar-refractivity contribution >= 4 is 11.5 Å². The molecule has 0 atom stereocenters. The van der Waals surface area contributed by atoms with Gasteiger partial charge in [-0.2, -0.15) is 4.98 Å². The van der Waals surface area contributed by atoms with E-state index < -0.39 is 16.4 Å². The zero-order chi connectivity index (χ0) is 13.8. The van der Waals surface area contributed by atoms with Gasteiger partial charge in [0.2, 0.25) is 11.6 Å². The highest BCUT2D eigenvalue weighted by molar-refractivity contribution is 5.48. The molecule has 2 rings (SSSR count). The molecule has 0 saturated heterocycles. The van der Waals surface area contributed by atoms with Crippen LogP contribution in [-0.4, -0.2) is 17.0 Å². The number of hydrogen-bond donors (Lipinski definition) is 1. The molecule has 2 aromatic rings. The highest BCUT2D eigenvalue weighted by atomic mass is 19.1. The lowest BCUT2D eigenvalue weighted by molar-refractivity contribution is -0.385. The fourth-order valence-corrected chi connectivity index (χ4v) is 1.44. The summed E-state index contributed by atoms with van der Waals surface area (Å²) in [6, 6.07) is 8.03. The SMILES string of the molecule is CNc1cccc(Oc2ccc(F)cc2[N+](=O)[O-])n1. The lowest BCUT2D eigenvalue weighted by atomic mass is 10.3. The molecule has 1 N–H and O–H groups in total. The number of aromatic nitrogens is 1. The van der Waals surface area contributed by atoms with Crippen LogP contribution in [0.1, 0.15) is 0 Å². The van der Waals surface area contributed by atoms with Gasteiger partial charge in [0.05, 0.1) is 11.0 Å². The van der Waals surface area contributed by atoms with E-state index in [0.29, 0.717) is 5.82 Å². The minimum atomic E-state index is -0.708. The van der Waals surface area contributed by atoms with Crippen molar-refractivity contribution in [1.29, 1.82) is 0 Å². The average Bonchev–Trinajstić information content (AvgIpc) is 2.41. The molecule has 7 heteroatoms. The van der Waals surface area contributed by atoms with E-state index in [1.807, 2.05) is 0 Å². The summed E-state index contributed by atoms with van der Waals surface area (Å²) in [5.41, 5.74) is -0.448. The van der Waals surface area contributed by atoms with Crippen molar-refractivity contribution in [2.24, 2.45) is 0 Å². The molecule has 0 aliphatic rings. The first kappa shape index (κ1) is 12.7. The zero-order valence-corrected chi connectivity index (χ0v) is 9.96. The van der Waals surface area contributed by atoms with E-state index in [1.54, 1.807) is 25.2 Å². The number of rotatable bonds is 4. The average molecular weight is 263 g/mol. The van der Waals surface area contributed by atoms with Crippen molar-refractivity contribution in [3.05, 3.63) is 52.3 Å². The quantitative estimate of drug-likeness (QED) is 0.677. The van der Waals surface area contributed by atoms with Crippen molar-refractivity contribution < 1.29 is 14.1 Å². The standard InChI is InChI=1S/C12H10FN3O3/c1-14-11-3-2-4-12(15-11)19-10-6-5-8(13)7-9(10)16(17)18/h2-7H,1H3,(H,14,15). The topological polar surface area (TPSA) is 77.3 Å². The van der Waals surface area contributed by atoms with Gasteiger partial charge in [0, 0.05) is 13.1 Å². The number of nitro benzene ring substituents is 1. The molecule has 0 fully saturated rings. The van der Waals surface area contributed by atoms with Gasteiger partial charge >= 0.3 is 5.69 Å². The first-order chi connectivity index (χ1) is 9.10. The molecule has 1 aromatic carbocycles. The third kappa shape index (κ3) is 2.95. The molecule has 1 heterocycles. The van der Waals surface area contributed by atoms with Crippen LogP contribution >= 0.6 is 0 Å². The monoisotopic (exact) mass is 263 g/mol. The van der Waals surface area contributed by atoms with Crippen molar-refractivity contribution in [2.75, 3.05) is 12.4 Å². The Balaban J connectivity index is 2.34. The van der Waals surface area contributed by atoms with Crippen LogP contribution in [0.2, 0.25) is 0 Å².